The van der Waals surface area contributed by atoms with Crippen LogP contribution in [0.25, 0.3) is 0 Å². The van der Waals surface area contributed by atoms with E-state index in [0.717, 1.165) is 77.0 Å². The van der Waals surface area contributed by atoms with E-state index in [4.69, 9.17) is 4.74 Å². The number of esters is 1. The Morgan fingerprint density at radius 3 is 1.51 bits per heavy atom. The van der Waals surface area contributed by atoms with Crippen molar-refractivity contribution in [3.8, 4) is 0 Å². The van der Waals surface area contributed by atoms with Gasteiger partial charge in [0.25, 0.3) is 0 Å². The summed E-state index contributed by atoms with van der Waals surface area (Å²) in [7, 11) is 0. The first-order chi connectivity index (χ1) is 24.0. The Morgan fingerprint density at radius 2 is 0.980 bits per heavy atom. The Morgan fingerprint density at radius 1 is 0.551 bits per heavy atom. The predicted molar refractivity (Wildman–Crippen MR) is 209 cm³/mol. The van der Waals surface area contributed by atoms with Crippen LogP contribution in [0, 0.1) is 0 Å². The maximum atomic E-state index is 12.3. The molecule has 0 radical (unpaired) electrons. The molecule has 6 nitrogen and oxygen atoms in total. The van der Waals surface area contributed by atoms with Gasteiger partial charge in [0.15, 0.2) is 0 Å². The lowest BCUT2D eigenvalue weighted by molar-refractivity contribution is -0.143. The van der Waals surface area contributed by atoms with E-state index in [-0.39, 0.29) is 18.5 Å². The van der Waals surface area contributed by atoms with Gasteiger partial charge < -0.3 is 20.3 Å². The first kappa shape index (κ1) is 47.1. The summed E-state index contributed by atoms with van der Waals surface area (Å²) in [5.74, 6) is -0.159. The van der Waals surface area contributed by atoms with Crippen molar-refractivity contribution in [1.29, 1.82) is 0 Å². The smallest absolute Gasteiger partial charge is 0.305 e. The number of amides is 1. The molecule has 3 N–H and O–H groups in total. The van der Waals surface area contributed by atoms with Crippen LogP contribution in [-0.2, 0) is 14.3 Å². The first-order valence-electron chi connectivity index (χ1n) is 20.8. The normalized spacial score (nSPS) is 13.1. The number of allylic oxidation sites excluding steroid dienone is 5. The minimum Gasteiger partial charge on any atom is -0.466 e. The Hall–Kier alpha value is -1.92. The lowest BCUT2D eigenvalue weighted by Gasteiger charge is -2.20. The fraction of sp³-hybridized carbons (Fsp3) is 0.814. The zero-order chi connectivity index (χ0) is 35.9. The molecule has 0 spiro atoms. The highest BCUT2D eigenvalue weighted by Gasteiger charge is 2.17. The molecule has 0 saturated carbocycles. The second-order valence-corrected chi connectivity index (χ2v) is 14.0. The van der Waals surface area contributed by atoms with Gasteiger partial charge in [0, 0.05) is 12.8 Å². The summed E-state index contributed by atoms with van der Waals surface area (Å²) in [6, 6.07) is -0.651. The molecule has 286 valence electrons. The van der Waals surface area contributed by atoms with Crippen LogP contribution in [0.5, 0.6) is 0 Å². The van der Waals surface area contributed by atoms with Crippen molar-refractivity contribution in [1.82, 2.24) is 5.32 Å². The largest absolute Gasteiger partial charge is 0.466 e. The molecule has 0 bridgehead atoms. The third-order valence-corrected chi connectivity index (χ3v) is 9.13. The molecule has 0 rings (SSSR count). The molecule has 0 aliphatic carbocycles. The van der Waals surface area contributed by atoms with Crippen molar-refractivity contribution in [2.75, 3.05) is 13.2 Å². The second-order valence-electron chi connectivity index (χ2n) is 14.0. The minimum absolute atomic E-state index is 0.0512. The average Bonchev–Trinajstić information content (AvgIpc) is 3.10. The van der Waals surface area contributed by atoms with Crippen molar-refractivity contribution in [3.05, 3.63) is 36.5 Å². The van der Waals surface area contributed by atoms with E-state index in [1.54, 1.807) is 6.08 Å². The van der Waals surface area contributed by atoms with Crippen molar-refractivity contribution < 1.29 is 24.5 Å². The molecule has 0 fully saturated rings. The fourth-order valence-corrected chi connectivity index (χ4v) is 5.84. The summed E-state index contributed by atoms with van der Waals surface area (Å²) in [6.07, 6.45) is 44.1. The third-order valence-electron chi connectivity index (χ3n) is 9.13. The second kappa shape index (κ2) is 38.9. The van der Waals surface area contributed by atoms with E-state index in [9.17, 15) is 19.8 Å². The van der Waals surface area contributed by atoms with Gasteiger partial charge in [-0.3, -0.25) is 9.59 Å². The number of carbonyl (C=O) groups excluding carboxylic acids is 2. The third kappa shape index (κ3) is 35.7. The highest BCUT2D eigenvalue weighted by molar-refractivity contribution is 5.76. The zero-order valence-electron chi connectivity index (χ0n) is 32.2. The zero-order valence-corrected chi connectivity index (χ0v) is 32.2. The van der Waals surface area contributed by atoms with Crippen LogP contribution in [0.4, 0.5) is 0 Å². The molecule has 49 heavy (non-hydrogen) atoms. The first-order valence-corrected chi connectivity index (χ1v) is 20.8. The highest BCUT2D eigenvalue weighted by atomic mass is 16.5. The number of rotatable bonds is 37. The monoisotopic (exact) mass is 690 g/mol. The van der Waals surface area contributed by atoms with Crippen molar-refractivity contribution >= 4 is 11.9 Å². The average molecular weight is 690 g/mol. The molecule has 0 aromatic carbocycles. The molecule has 0 aromatic rings. The van der Waals surface area contributed by atoms with Crippen LogP contribution in [0.3, 0.4) is 0 Å². The van der Waals surface area contributed by atoms with Crippen LogP contribution in [-0.4, -0.2) is 47.4 Å². The Kier molecular flexibility index (Phi) is 37.4. The summed E-state index contributed by atoms with van der Waals surface area (Å²) in [5.41, 5.74) is 0. The number of aliphatic hydroxyl groups excluding tert-OH is 2. The Labute approximate surface area is 303 Å². The summed E-state index contributed by atoms with van der Waals surface area (Å²) in [6.45, 7) is 4.73. The predicted octanol–water partition coefficient (Wildman–Crippen LogP) is 11.4. The van der Waals surface area contributed by atoms with E-state index >= 15 is 0 Å². The Balaban J connectivity index is 3.61. The van der Waals surface area contributed by atoms with Crippen molar-refractivity contribution in [3.63, 3.8) is 0 Å². The summed E-state index contributed by atoms with van der Waals surface area (Å²) in [5, 5.41) is 22.8. The van der Waals surface area contributed by atoms with Crippen LogP contribution < -0.4 is 5.32 Å². The van der Waals surface area contributed by atoms with Crippen LogP contribution >= 0.6 is 0 Å². The van der Waals surface area contributed by atoms with Crippen molar-refractivity contribution in [2.45, 2.75) is 212 Å². The van der Waals surface area contributed by atoms with Gasteiger partial charge in [-0.05, 0) is 77.0 Å². The van der Waals surface area contributed by atoms with Gasteiger partial charge in [0.1, 0.15) is 0 Å². The molecule has 0 saturated heterocycles. The lowest BCUT2D eigenvalue weighted by atomic mass is 10.1. The van der Waals surface area contributed by atoms with Gasteiger partial charge in [0.2, 0.25) is 5.91 Å². The molecular weight excluding hydrogens is 610 g/mol. The van der Waals surface area contributed by atoms with Gasteiger partial charge >= 0.3 is 5.97 Å². The lowest BCUT2D eigenvalue weighted by Crippen LogP contribution is -2.45. The fourth-order valence-electron chi connectivity index (χ4n) is 5.84. The molecule has 0 aliphatic heterocycles. The number of hydrogen-bond acceptors (Lipinski definition) is 5. The SMILES string of the molecule is CCCC/C=C\CCCCCCCC(=O)OCCCC/C=C\CCCCCCC(=O)NC(CO)C(O)/C=C/CCCCCCCCCCC. The number of carbonyl (C=O) groups is 2. The van der Waals surface area contributed by atoms with Gasteiger partial charge in [-0.25, -0.2) is 0 Å². The number of ether oxygens (including phenoxy) is 1. The highest BCUT2D eigenvalue weighted by Crippen LogP contribution is 2.12. The van der Waals surface area contributed by atoms with E-state index in [0.29, 0.717) is 19.4 Å². The Bertz CT molecular complexity index is 808. The van der Waals surface area contributed by atoms with Gasteiger partial charge in [-0.1, -0.05) is 147 Å². The topological polar surface area (TPSA) is 95.9 Å². The molecule has 1 amide bonds. The van der Waals surface area contributed by atoms with Gasteiger partial charge in [-0.2, -0.15) is 0 Å². The molecule has 0 heterocycles. The maximum Gasteiger partial charge on any atom is 0.305 e. The van der Waals surface area contributed by atoms with E-state index < -0.39 is 12.1 Å². The van der Waals surface area contributed by atoms with E-state index in [1.165, 1.54) is 96.3 Å². The van der Waals surface area contributed by atoms with Crippen LogP contribution in [0.2, 0.25) is 0 Å². The van der Waals surface area contributed by atoms with Crippen molar-refractivity contribution in [2.24, 2.45) is 0 Å². The van der Waals surface area contributed by atoms with Crippen LogP contribution in [0.15, 0.2) is 36.5 Å². The summed E-state index contributed by atoms with van der Waals surface area (Å²) < 4.78 is 5.39. The summed E-state index contributed by atoms with van der Waals surface area (Å²) in [4.78, 5) is 24.2. The molecule has 0 aliphatic rings. The van der Waals surface area contributed by atoms with E-state index in [1.807, 2.05) is 6.08 Å². The number of unbranched alkanes of at least 4 members (excludes halogenated alkanes) is 22. The maximum absolute atomic E-state index is 12.3. The number of aliphatic hydroxyl groups is 2. The number of hydrogen-bond donors (Lipinski definition) is 3. The quantitative estimate of drug-likeness (QED) is 0.0343. The molecular formula is C43H79NO5. The molecule has 0 aromatic heterocycles. The molecule has 6 heteroatoms. The van der Waals surface area contributed by atoms with Crippen LogP contribution in [0.1, 0.15) is 200 Å². The van der Waals surface area contributed by atoms with Gasteiger partial charge in [-0.15, -0.1) is 0 Å². The molecule has 2 unspecified atom stereocenters. The van der Waals surface area contributed by atoms with Gasteiger partial charge in [0.05, 0.1) is 25.4 Å². The number of nitrogens with one attached hydrogen (secondary N) is 1. The standard InChI is InChI=1S/C43H79NO5/c1-3-5-7-9-11-13-15-19-23-27-31-35-41(46)40(39-45)44-42(47)36-32-28-24-20-17-18-22-26-30-34-38-49-43(48)37-33-29-25-21-16-14-12-10-8-6-4-2/h10,12,18,22,31,35,40-41,45-46H,3-9,11,13-17,19-21,23-30,32-34,36-39H2,1-2H3,(H,44,47)/b12-10-,22-18-,35-31+. The minimum atomic E-state index is -0.864. The van der Waals surface area contributed by atoms with E-state index in [2.05, 4.69) is 43.5 Å². The summed E-state index contributed by atoms with van der Waals surface area (Å²) >= 11 is 0. The molecule has 2 atom stereocenters.